The average molecular weight is 617 g/mol. The van der Waals surface area contributed by atoms with Crippen LogP contribution in [0.1, 0.15) is 22.3 Å². The fourth-order valence-corrected chi connectivity index (χ4v) is 7.96. The molecule has 1 N–H and O–H groups in total. The van der Waals surface area contributed by atoms with E-state index in [2.05, 4.69) is 125 Å². The maximum absolute atomic E-state index is 9.71. The van der Waals surface area contributed by atoms with E-state index >= 15 is 0 Å². The molecule has 5 aromatic rings. The number of benzene rings is 5. The van der Waals surface area contributed by atoms with E-state index in [1.807, 2.05) is 12.1 Å². The molecule has 5 aromatic carbocycles. The summed E-state index contributed by atoms with van der Waals surface area (Å²) in [5.41, 5.74) is 7.94. The number of hydrogen-bond donors (Lipinski definition) is 1. The van der Waals surface area contributed by atoms with E-state index in [1.165, 1.54) is 49.3 Å². The molecule has 37 heavy (non-hydrogen) atoms. The van der Waals surface area contributed by atoms with Gasteiger partial charge in [0.1, 0.15) is 21.7 Å². The summed E-state index contributed by atoms with van der Waals surface area (Å²) >= 11 is 0. The fraction of sp³-hybridized carbons (Fsp3) is 0.118. The molecule has 0 radical (unpaired) electrons. The van der Waals surface area contributed by atoms with Crippen molar-refractivity contribution < 1.29 is 29.1 Å². The van der Waals surface area contributed by atoms with Gasteiger partial charge in [-0.05, 0) is 85.3 Å². The second-order valence-electron chi connectivity index (χ2n) is 9.19. The van der Waals surface area contributed by atoms with Crippen molar-refractivity contribution >= 4 is 23.8 Å². The first kappa shape index (κ1) is 28.6. The maximum Gasteiger partial charge on any atom is 0.115 e. The summed E-state index contributed by atoms with van der Waals surface area (Å²) in [5, 5.41) is 13.9. The zero-order valence-electron chi connectivity index (χ0n) is 21.9. The molecule has 0 atom stereocenters. The maximum atomic E-state index is 9.71. The van der Waals surface area contributed by atoms with Gasteiger partial charge < -0.3 is 29.1 Å². The van der Waals surface area contributed by atoms with E-state index in [4.69, 9.17) is 0 Å². The number of phenolic OH excluding ortho intramolecular Hbond substituents is 1. The first-order valence-electron chi connectivity index (χ1n) is 12.4. The molecule has 0 aliphatic heterocycles. The molecule has 0 aliphatic rings. The molecular weight excluding hydrogens is 582 g/mol. The molecule has 0 fully saturated rings. The Bertz CT molecular complexity index is 1280. The van der Waals surface area contributed by atoms with Crippen molar-refractivity contribution in [1.82, 2.24) is 0 Å². The largest absolute Gasteiger partial charge is 1.00 e. The van der Waals surface area contributed by atoms with E-state index in [9.17, 15) is 5.11 Å². The highest BCUT2D eigenvalue weighted by molar-refractivity contribution is 7.80. The average Bonchev–Trinajstić information content (AvgIpc) is 2.89. The van der Waals surface area contributed by atoms with Crippen molar-refractivity contribution in [3.63, 3.8) is 0 Å². The van der Waals surface area contributed by atoms with Crippen LogP contribution in [0.4, 0.5) is 0 Å². The Hall–Kier alpha value is -2.94. The second-order valence-corrected chi connectivity index (χ2v) is 11.5. The number of aromatic hydroxyl groups is 1. The Balaban J connectivity index is 0.000000246. The first-order valence-corrected chi connectivity index (χ1v) is 13.9. The van der Waals surface area contributed by atoms with Crippen LogP contribution in [0.5, 0.6) is 5.75 Å². The van der Waals surface area contributed by atoms with Crippen LogP contribution in [0.25, 0.3) is 11.1 Å². The highest BCUT2D eigenvalue weighted by Gasteiger charge is 2.31. The number of phenols is 1. The minimum Gasteiger partial charge on any atom is -1.00 e. The van der Waals surface area contributed by atoms with Crippen molar-refractivity contribution in [2.24, 2.45) is 0 Å². The molecule has 0 saturated heterocycles. The second kappa shape index (κ2) is 13.6. The Kier molecular flexibility index (Phi) is 10.5. The molecule has 188 valence electrons. The van der Waals surface area contributed by atoms with Crippen LogP contribution in [0.3, 0.4) is 0 Å². The van der Waals surface area contributed by atoms with Gasteiger partial charge in [-0.15, -0.1) is 0 Å². The standard InChI is InChI=1S/C22H23OP.C12H10.HI/c1-15-7-5-8-16(2)21(15)24(20-13-11-19(23)12-14-20)22-17(3)9-6-10-18(22)4;1-3-7-11(8-4-1)12-9-5-2-6-10-12;/h5-14,23H,1-4H3;1-10H;1H. The van der Waals surface area contributed by atoms with Gasteiger partial charge in [0.15, 0.2) is 0 Å². The van der Waals surface area contributed by atoms with Gasteiger partial charge in [-0.25, -0.2) is 0 Å². The van der Waals surface area contributed by atoms with Crippen molar-refractivity contribution in [2.45, 2.75) is 27.7 Å². The van der Waals surface area contributed by atoms with Crippen molar-refractivity contribution in [2.75, 3.05) is 0 Å². The fourth-order valence-electron chi connectivity index (χ4n) is 4.72. The summed E-state index contributed by atoms with van der Waals surface area (Å²) in [6.45, 7) is 8.84. The summed E-state index contributed by atoms with van der Waals surface area (Å²) < 4.78 is 0. The topological polar surface area (TPSA) is 20.2 Å². The summed E-state index contributed by atoms with van der Waals surface area (Å²) in [4.78, 5) is 0. The van der Waals surface area contributed by atoms with Crippen molar-refractivity contribution in [3.8, 4) is 16.9 Å². The van der Waals surface area contributed by atoms with E-state index < -0.39 is 7.92 Å². The van der Waals surface area contributed by atoms with Crippen LogP contribution in [0.2, 0.25) is 0 Å². The van der Waals surface area contributed by atoms with Crippen LogP contribution in [0.15, 0.2) is 121 Å². The lowest BCUT2D eigenvalue weighted by atomic mass is 10.1. The Morgan fingerprint density at radius 1 is 0.432 bits per heavy atom. The SMILES string of the molecule is Cc1cccc(C)c1[PH+](c1ccc(O)cc1)c1c(C)cccc1C.[I-].c1ccc(-c2ccccc2)cc1. The van der Waals surface area contributed by atoms with E-state index in [-0.39, 0.29) is 24.0 Å². The lowest BCUT2D eigenvalue weighted by Crippen LogP contribution is -3.00. The van der Waals surface area contributed by atoms with Gasteiger partial charge in [-0.2, -0.15) is 0 Å². The molecule has 0 spiro atoms. The predicted octanol–water partition coefficient (Wildman–Crippen LogP) is 4.47. The lowest BCUT2D eigenvalue weighted by Gasteiger charge is -2.18. The van der Waals surface area contributed by atoms with Crippen LogP contribution in [0, 0.1) is 27.7 Å². The summed E-state index contributed by atoms with van der Waals surface area (Å²) in [5.74, 6) is 0.322. The van der Waals surface area contributed by atoms with E-state index in [0.29, 0.717) is 5.75 Å². The zero-order valence-corrected chi connectivity index (χ0v) is 25.0. The molecule has 0 bridgehead atoms. The number of aryl methyl sites for hydroxylation is 4. The number of rotatable bonds is 4. The molecule has 5 rings (SSSR count). The molecule has 0 aliphatic carbocycles. The lowest BCUT2D eigenvalue weighted by molar-refractivity contribution is -0.00000828. The molecule has 3 heteroatoms. The quantitative estimate of drug-likeness (QED) is 0.234. The third-order valence-electron chi connectivity index (χ3n) is 6.50. The highest BCUT2D eigenvalue weighted by Crippen LogP contribution is 2.38. The molecule has 0 amide bonds. The number of hydrogen-bond acceptors (Lipinski definition) is 1. The van der Waals surface area contributed by atoms with Gasteiger partial charge in [-0.1, -0.05) is 97.1 Å². The highest BCUT2D eigenvalue weighted by atomic mass is 127. The molecule has 0 unspecified atom stereocenters. The van der Waals surface area contributed by atoms with Gasteiger partial charge in [-0.3, -0.25) is 0 Å². The van der Waals surface area contributed by atoms with Crippen molar-refractivity contribution in [1.29, 1.82) is 0 Å². The van der Waals surface area contributed by atoms with Crippen LogP contribution >= 0.6 is 7.92 Å². The minimum atomic E-state index is -1.13. The van der Waals surface area contributed by atoms with E-state index in [1.54, 1.807) is 12.1 Å². The zero-order chi connectivity index (χ0) is 25.5. The normalized spacial score (nSPS) is 10.3. The van der Waals surface area contributed by atoms with Crippen LogP contribution < -0.4 is 39.9 Å². The molecule has 1 nitrogen and oxygen atoms in total. The predicted molar refractivity (Wildman–Crippen MR) is 159 cm³/mol. The summed E-state index contributed by atoms with van der Waals surface area (Å²) in [6.07, 6.45) is 0. The Labute approximate surface area is 240 Å². The van der Waals surface area contributed by atoms with Gasteiger partial charge in [0.05, 0.1) is 7.92 Å². The van der Waals surface area contributed by atoms with Gasteiger partial charge in [0.2, 0.25) is 0 Å². The Morgan fingerprint density at radius 2 is 0.784 bits per heavy atom. The molecule has 0 saturated carbocycles. The van der Waals surface area contributed by atoms with Crippen LogP contribution in [-0.2, 0) is 0 Å². The monoisotopic (exact) mass is 616 g/mol. The Morgan fingerprint density at radius 3 is 1.14 bits per heavy atom. The molecule has 0 aromatic heterocycles. The third-order valence-corrected chi connectivity index (χ3v) is 9.99. The third kappa shape index (κ3) is 7.09. The minimum absolute atomic E-state index is 0. The number of halogens is 1. The molecule has 0 heterocycles. The smallest absolute Gasteiger partial charge is 0.115 e. The van der Waals surface area contributed by atoms with Crippen LogP contribution in [-0.4, -0.2) is 5.11 Å². The summed E-state index contributed by atoms with van der Waals surface area (Å²) in [7, 11) is -1.13. The van der Waals surface area contributed by atoms with E-state index in [0.717, 1.165) is 0 Å². The van der Waals surface area contributed by atoms with Gasteiger partial charge >= 0.3 is 0 Å². The molecular formula is C34H34IOP. The first-order chi connectivity index (χ1) is 17.5. The van der Waals surface area contributed by atoms with Crippen molar-refractivity contribution in [3.05, 3.63) is 144 Å². The summed E-state index contributed by atoms with van der Waals surface area (Å²) in [6, 6.07) is 41.7. The van der Waals surface area contributed by atoms with Gasteiger partial charge in [0.25, 0.3) is 0 Å². The van der Waals surface area contributed by atoms with Gasteiger partial charge in [0, 0.05) is 0 Å².